The molecule has 0 atom stereocenters. The van der Waals surface area contributed by atoms with Crippen molar-refractivity contribution in [3.05, 3.63) is 88.6 Å². The highest BCUT2D eigenvalue weighted by atomic mass is 35.5. The van der Waals surface area contributed by atoms with Crippen molar-refractivity contribution in [1.82, 2.24) is 10.3 Å². The quantitative estimate of drug-likeness (QED) is 0.481. The van der Waals surface area contributed by atoms with E-state index in [1.807, 2.05) is 24.3 Å². The normalized spacial score (nSPS) is 10.9. The van der Waals surface area contributed by atoms with Crippen LogP contribution in [0.15, 0.2) is 70.9 Å². The molecule has 0 aliphatic heterocycles. The number of benzene rings is 1. The number of amides is 1. The van der Waals surface area contributed by atoms with Crippen LogP contribution in [-0.2, 0) is 17.9 Å². The maximum atomic E-state index is 12.2. The summed E-state index contributed by atoms with van der Waals surface area (Å²) in [5.74, 6) is 0.979. The minimum atomic E-state index is -0.489. The van der Waals surface area contributed by atoms with Gasteiger partial charge in [0.15, 0.2) is 0 Å². The van der Waals surface area contributed by atoms with E-state index >= 15 is 0 Å². The number of carbonyl (C=O) groups excluding carboxylic acids is 1. The van der Waals surface area contributed by atoms with Gasteiger partial charge in [0.2, 0.25) is 0 Å². The van der Waals surface area contributed by atoms with Crippen molar-refractivity contribution < 1.29 is 13.9 Å². The number of aromatic nitrogens is 1. The number of para-hydroxylation sites is 1. The zero-order valence-electron chi connectivity index (χ0n) is 14.8. The van der Waals surface area contributed by atoms with E-state index in [1.54, 1.807) is 42.7 Å². The molecule has 1 amide bonds. The number of rotatable bonds is 7. The molecule has 2 aromatic heterocycles. The van der Waals surface area contributed by atoms with Crippen molar-refractivity contribution in [2.75, 3.05) is 0 Å². The summed E-state index contributed by atoms with van der Waals surface area (Å²) in [5.41, 5.74) is 0.780. The van der Waals surface area contributed by atoms with Gasteiger partial charge in [0.1, 0.15) is 35.5 Å². The van der Waals surface area contributed by atoms with Crippen molar-refractivity contribution in [2.24, 2.45) is 0 Å². The monoisotopic (exact) mass is 393 g/mol. The summed E-state index contributed by atoms with van der Waals surface area (Å²) >= 11 is 6.04. The lowest BCUT2D eigenvalue weighted by molar-refractivity contribution is -0.117. The second-order valence-corrected chi connectivity index (χ2v) is 6.14. The number of ether oxygens (including phenoxy) is 1. The van der Waals surface area contributed by atoms with Gasteiger partial charge in [0.25, 0.3) is 5.91 Å². The molecule has 6 nitrogen and oxygen atoms in total. The standard InChI is InChI=1S/C21H16ClN3O3/c22-19-5-1-2-6-20(19)27-14-18-8-7-17(28-18)10-16(11-23)21(26)25-13-15-4-3-9-24-12-15/h1-10,12H,13-14H2,(H,25,26)/b16-10+. The number of hydrogen-bond acceptors (Lipinski definition) is 5. The third kappa shape index (κ3) is 5.22. The molecular weight excluding hydrogens is 378 g/mol. The molecule has 3 aromatic rings. The van der Waals surface area contributed by atoms with Gasteiger partial charge in [-0.15, -0.1) is 0 Å². The fraction of sp³-hybridized carbons (Fsp3) is 0.0952. The van der Waals surface area contributed by atoms with E-state index in [0.717, 1.165) is 5.56 Å². The summed E-state index contributed by atoms with van der Waals surface area (Å²) in [6.07, 6.45) is 4.68. The first-order valence-corrected chi connectivity index (χ1v) is 8.78. The van der Waals surface area contributed by atoms with E-state index in [0.29, 0.717) is 22.3 Å². The van der Waals surface area contributed by atoms with Crippen LogP contribution in [-0.4, -0.2) is 10.9 Å². The largest absolute Gasteiger partial charge is 0.484 e. The number of nitrogens with zero attached hydrogens (tertiary/aromatic N) is 2. The summed E-state index contributed by atoms with van der Waals surface area (Å²) in [4.78, 5) is 16.2. The van der Waals surface area contributed by atoms with E-state index in [2.05, 4.69) is 10.3 Å². The Bertz CT molecular complexity index is 1020. The van der Waals surface area contributed by atoms with Crippen LogP contribution in [0.5, 0.6) is 5.75 Å². The zero-order valence-corrected chi connectivity index (χ0v) is 15.5. The second-order valence-electron chi connectivity index (χ2n) is 5.74. The maximum absolute atomic E-state index is 12.2. The molecule has 0 bridgehead atoms. The molecule has 28 heavy (non-hydrogen) atoms. The Kier molecular flexibility index (Phi) is 6.45. The van der Waals surface area contributed by atoms with E-state index in [1.165, 1.54) is 6.08 Å². The Balaban J connectivity index is 1.60. The van der Waals surface area contributed by atoms with Crippen molar-refractivity contribution >= 4 is 23.6 Å². The van der Waals surface area contributed by atoms with Gasteiger partial charge in [0, 0.05) is 25.0 Å². The average molecular weight is 394 g/mol. The molecule has 0 radical (unpaired) electrons. The highest BCUT2D eigenvalue weighted by molar-refractivity contribution is 6.32. The summed E-state index contributed by atoms with van der Waals surface area (Å²) in [6, 6.07) is 16.0. The van der Waals surface area contributed by atoms with Gasteiger partial charge < -0.3 is 14.5 Å². The number of pyridine rings is 1. The highest BCUT2D eigenvalue weighted by Gasteiger charge is 2.11. The molecule has 0 aliphatic rings. The third-order valence-electron chi connectivity index (χ3n) is 3.72. The van der Waals surface area contributed by atoms with Crippen LogP contribution in [0.25, 0.3) is 6.08 Å². The molecule has 1 N–H and O–H groups in total. The molecule has 1 aromatic carbocycles. The number of halogens is 1. The smallest absolute Gasteiger partial charge is 0.262 e. The molecule has 7 heteroatoms. The van der Waals surface area contributed by atoms with E-state index in [9.17, 15) is 10.1 Å². The summed E-state index contributed by atoms with van der Waals surface area (Å²) in [7, 11) is 0. The molecule has 0 aliphatic carbocycles. The van der Waals surface area contributed by atoms with Crippen LogP contribution >= 0.6 is 11.6 Å². The Labute approximate surface area is 167 Å². The van der Waals surface area contributed by atoms with Gasteiger partial charge in [-0.3, -0.25) is 9.78 Å². The van der Waals surface area contributed by atoms with Crippen molar-refractivity contribution in [1.29, 1.82) is 5.26 Å². The van der Waals surface area contributed by atoms with Crippen molar-refractivity contribution in [2.45, 2.75) is 13.2 Å². The summed E-state index contributed by atoms with van der Waals surface area (Å²) in [5, 5.41) is 12.5. The van der Waals surface area contributed by atoms with Crippen LogP contribution in [0.4, 0.5) is 0 Å². The molecule has 0 unspecified atom stereocenters. The van der Waals surface area contributed by atoms with Crippen LogP contribution < -0.4 is 10.1 Å². The van der Waals surface area contributed by atoms with Crippen LogP contribution in [0.3, 0.4) is 0 Å². The van der Waals surface area contributed by atoms with E-state index < -0.39 is 5.91 Å². The Morgan fingerprint density at radius 3 is 2.86 bits per heavy atom. The number of carbonyl (C=O) groups is 1. The predicted molar refractivity (Wildman–Crippen MR) is 104 cm³/mol. The SMILES string of the molecule is N#C/C(=C\c1ccc(COc2ccccc2Cl)o1)C(=O)NCc1cccnc1. The van der Waals surface area contributed by atoms with E-state index in [-0.39, 0.29) is 18.7 Å². The maximum Gasteiger partial charge on any atom is 0.262 e. The van der Waals surface area contributed by atoms with Crippen LogP contribution in [0, 0.1) is 11.3 Å². The van der Waals surface area contributed by atoms with Crippen molar-refractivity contribution in [3.63, 3.8) is 0 Å². The second kappa shape index (κ2) is 9.40. The fourth-order valence-electron chi connectivity index (χ4n) is 2.33. The highest BCUT2D eigenvalue weighted by Crippen LogP contribution is 2.24. The number of hydrogen-bond donors (Lipinski definition) is 1. The van der Waals surface area contributed by atoms with Gasteiger partial charge in [0.05, 0.1) is 5.02 Å². The first kappa shape index (κ1) is 19.2. The van der Waals surface area contributed by atoms with Crippen molar-refractivity contribution in [3.8, 4) is 11.8 Å². The minimum Gasteiger partial charge on any atom is -0.484 e. The van der Waals surface area contributed by atoms with Crippen LogP contribution in [0.1, 0.15) is 17.1 Å². The fourth-order valence-corrected chi connectivity index (χ4v) is 2.52. The first-order valence-electron chi connectivity index (χ1n) is 8.40. The lowest BCUT2D eigenvalue weighted by Gasteiger charge is -2.05. The molecule has 0 saturated carbocycles. The van der Waals surface area contributed by atoms with Gasteiger partial charge in [-0.2, -0.15) is 5.26 Å². The van der Waals surface area contributed by atoms with Gasteiger partial charge >= 0.3 is 0 Å². The third-order valence-corrected chi connectivity index (χ3v) is 4.03. The lowest BCUT2D eigenvalue weighted by atomic mass is 10.2. The average Bonchev–Trinajstić information content (AvgIpc) is 3.18. The zero-order chi connectivity index (χ0) is 19.8. The lowest BCUT2D eigenvalue weighted by Crippen LogP contribution is -2.23. The molecule has 140 valence electrons. The number of nitrogens with one attached hydrogen (secondary N) is 1. The number of nitriles is 1. The Morgan fingerprint density at radius 2 is 2.11 bits per heavy atom. The van der Waals surface area contributed by atoms with Crippen LogP contribution in [0.2, 0.25) is 5.02 Å². The van der Waals surface area contributed by atoms with E-state index in [4.69, 9.17) is 20.8 Å². The summed E-state index contributed by atoms with van der Waals surface area (Å²) in [6.45, 7) is 0.452. The molecule has 0 spiro atoms. The molecule has 0 fully saturated rings. The van der Waals surface area contributed by atoms with Gasteiger partial charge in [-0.25, -0.2) is 0 Å². The Morgan fingerprint density at radius 1 is 1.25 bits per heavy atom. The topological polar surface area (TPSA) is 88.1 Å². The molecule has 2 heterocycles. The first-order chi connectivity index (χ1) is 13.7. The van der Waals surface area contributed by atoms with Gasteiger partial charge in [-0.1, -0.05) is 29.8 Å². The van der Waals surface area contributed by atoms with Gasteiger partial charge in [-0.05, 0) is 35.9 Å². The predicted octanol–water partition coefficient (Wildman–Crippen LogP) is 4.13. The minimum absolute atomic E-state index is 0.0585. The number of furan rings is 1. The molecule has 3 rings (SSSR count). The molecular formula is C21H16ClN3O3. The summed E-state index contributed by atoms with van der Waals surface area (Å²) < 4.78 is 11.2. The Hall–Kier alpha value is -3.56. The molecule has 0 saturated heterocycles.